The van der Waals surface area contributed by atoms with Crippen molar-refractivity contribution in [1.82, 2.24) is 14.5 Å². The van der Waals surface area contributed by atoms with Gasteiger partial charge in [0.25, 0.3) is 0 Å². The van der Waals surface area contributed by atoms with E-state index in [1.54, 1.807) is 0 Å². The zero-order valence-corrected chi connectivity index (χ0v) is 24.1. The highest BCUT2D eigenvalue weighted by atomic mass is 16.5. The zero-order valence-electron chi connectivity index (χ0n) is 24.1. The van der Waals surface area contributed by atoms with E-state index in [0.29, 0.717) is 12.6 Å². The van der Waals surface area contributed by atoms with Crippen molar-refractivity contribution in [3.05, 3.63) is 95.2 Å². The van der Waals surface area contributed by atoms with E-state index in [1.807, 2.05) is 13.0 Å². The molecule has 2 heterocycles. The number of ether oxygens (including phenoxy) is 1. The molecule has 4 heteroatoms. The van der Waals surface area contributed by atoms with Gasteiger partial charge >= 0.3 is 0 Å². The van der Waals surface area contributed by atoms with Gasteiger partial charge in [-0.15, -0.1) is 0 Å². The van der Waals surface area contributed by atoms with E-state index in [-0.39, 0.29) is 0 Å². The van der Waals surface area contributed by atoms with Crippen molar-refractivity contribution >= 4 is 0 Å². The largest absolute Gasteiger partial charge is 0.494 e. The Morgan fingerprint density at radius 1 is 0.846 bits per heavy atom. The molecule has 1 unspecified atom stereocenters. The van der Waals surface area contributed by atoms with Gasteiger partial charge in [-0.1, -0.05) is 80.9 Å². The number of hydrogen-bond donors (Lipinski definition) is 0. The number of rotatable bonds is 10. The number of hydrogen-bond acceptors (Lipinski definition) is 3. The number of benzene rings is 3. The third kappa shape index (κ3) is 5.67. The third-order valence-electron chi connectivity index (χ3n) is 8.18. The molecule has 0 aliphatic carbocycles. The van der Waals surface area contributed by atoms with Crippen LogP contribution in [0.15, 0.2) is 72.8 Å². The van der Waals surface area contributed by atoms with Crippen LogP contribution in [0.4, 0.5) is 0 Å². The molecule has 39 heavy (non-hydrogen) atoms. The lowest BCUT2D eigenvalue weighted by molar-refractivity contribution is 0.137. The van der Waals surface area contributed by atoms with Crippen LogP contribution in [0, 0.1) is 0 Å². The number of aryl methyl sites for hydroxylation is 2. The van der Waals surface area contributed by atoms with Crippen LogP contribution < -0.4 is 4.74 Å². The van der Waals surface area contributed by atoms with Crippen LogP contribution in [0.5, 0.6) is 5.75 Å². The molecular weight excluding hydrogens is 478 g/mol. The predicted octanol–water partition coefficient (Wildman–Crippen LogP) is 8.49. The highest BCUT2D eigenvalue weighted by molar-refractivity contribution is 5.73. The molecule has 1 fully saturated rings. The lowest BCUT2D eigenvalue weighted by Crippen LogP contribution is -2.33. The number of likely N-dealkylation sites (tertiary alicyclic amines) is 1. The van der Waals surface area contributed by atoms with Gasteiger partial charge in [0.15, 0.2) is 0 Å². The van der Waals surface area contributed by atoms with Crippen molar-refractivity contribution in [3.63, 3.8) is 0 Å². The second-order valence-electron chi connectivity index (χ2n) is 10.5. The Hall–Kier alpha value is -3.37. The minimum Gasteiger partial charge on any atom is -0.494 e. The van der Waals surface area contributed by atoms with E-state index in [1.165, 1.54) is 47.2 Å². The standard InChI is InChI=1S/C35H43N3O/c1-5-26-18-14-19-27(6-2)33(26)35-36-34(29-20-15-21-30(24-29)39-8-4)32(38(35)7-3)25-37-23-13-12-22-31(37)28-16-10-9-11-17-28/h9-11,14-21,24,31H,5-8,12-13,22-23,25H2,1-4H3. The highest BCUT2D eigenvalue weighted by Gasteiger charge is 2.28. The minimum absolute atomic E-state index is 0.431. The Balaban J connectivity index is 1.68. The summed E-state index contributed by atoms with van der Waals surface area (Å²) >= 11 is 0. The van der Waals surface area contributed by atoms with Crippen LogP contribution in [0.3, 0.4) is 0 Å². The van der Waals surface area contributed by atoms with Crippen molar-refractivity contribution < 1.29 is 4.74 Å². The van der Waals surface area contributed by atoms with Crippen molar-refractivity contribution in [2.45, 2.75) is 78.9 Å². The molecule has 1 aromatic heterocycles. The lowest BCUT2D eigenvalue weighted by atomic mass is 9.95. The molecule has 4 aromatic rings. The van der Waals surface area contributed by atoms with E-state index < -0.39 is 0 Å². The molecule has 0 N–H and O–H groups in total. The summed E-state index contributed by atoms with van der Waals surface area (Å²) < 4.78 is 8.40. The summed E-state index contributed by atoms with van der Waals surface area (Å²) in [5, 5.41) is 0. The Labute approximate surface area is 234 Å². The minimum atomic E-state index is 0.431. The summed E-state index contributed by atoms with van der Waals surface area (Å²) in [7, 11) is 0. The first-order valence-corrected chi connectivity index (χ1v) is 14.9. The normalized spacial score (nSPS) is 15.9. The second-order valence-corrected chi connectivity index (χ2v) is 10.5. The van der Waals surface area contributed by atoms with Crippen LogP contribution in [-0.2, 0) is 25.9 Å². The quantitative estimate of drug-likeness (QED) is 0.210. The van der Waals surface area contributed by atoms with Gasteiger partial charge in [0, 0.05) is 30.3 Å². The predicted molar refractivity (Wildman–Crippen MR) is 162 cm³/mol. The number of piperidine rings is 1. The van der Waals surface area contributed by atoms with Gasteiger partial charge in [0.05, 0.1) is 18.0 Å². The van der Waals surface area contributed by atoms with Crippen LogP contribution >= 0.6 is 0 Å². The average molecular weight is 522 g/mol. The fourth-order valence-corrected chi connectivity index (χ4v) is 6.26. The molecule has 1 atom stereocenters. The van der Waals surface area contributed by atoms with E-state index >= 15 is 0 Å². The summed E-state index contributed by atoms with van der Waals surface area (Å²) in [6.07, 6.45) is 5.70. The number of imidazole rings is 1. The Morgan fingerprint density at radius 2 is 1.59 bits per heavy atom. The summed E-state index contributed by atoms with van der Waals surface area (Å²) in [5.74, 6) is 2.00. The molecule has 0 radical (unpaired) electrons. The van der Waals surface area contributed by atoms with Gasteiger partial charge in [-0.3, -0.25) is 4.90 Å². The molecule has 1 saturated heterocycles. The van der Waals surface area contributed by atoms with Gasteiger partial charge < -0.3 is 9.30 Å². The first-order valence-electron chi connectivity index (χ1n) is 14.9. The number of aromatic nitrogens is 2. The Kier molecular flexibility index (Phi) is 8.83. The van der Waals surface area contributed by atoms with Gasteiger partial charge in [0.2, 0.25) is 0 Å². The van der Waals surface area contributed by atoms with E-state index in [0.717, 1.165) is 55.3 Å². The molecule has 1 aliphatic heterocycles. The molecule has 204 valence electrons. The van der Waals surface area contributed by atoms with Gasteiger partial charge in [-0.2, -0.15) is 0 Å². The summed E-state index contributed by atoms with van der Waals surface area (Å²) in [5.41, 5.74) is 8.99. The smallest absolute Gasteiger partial charge is 0.141 e. The summed E-state index contributed by atoms with van der Waals surface area (Å²) in [6.45, 7) is 12.3. The maximum atomic E-state index is 5.91. The maximum absolute atomic E-state index is 5.91. The molecule has 0 bridgehead atoms. The first-order chi connectivity index (χ1) is 19.2. The molecule has 5 rings (SSSR count). The van der Waals surface area contributed by atoms with Gasteiger partial charge in [0.1, 0.15) is 11.6 Å². The van der Waals surface area contributed by atoms with Crippen molar-refractivity contribution in [2.24, 2.45) is 0 Å². The topological polar surface area (TPSA) is 30.3 Å². The average Bonchev–Trinajstić information content (AvgIpc) is 3.35. The highest BCUT2D eigenvalue weighted by Crippen LogP contribution is 2.38. The summed E-state index contributed by atoms with van der Waals surface area (Å²) in [6, 6.07) is 26.7. The molecule has 0 amide bonds. The van der Waals surface area contributed by atoms with Crippen molar-refractivity contribution in [3.8, 4) is 28.4 Å². The van der Waals surface area contributed by atoms with Crippen LogP contribution in [0.25, 0.3) is 22.6 Å². The monoisotopic (exact) mass is 521 g/mol. The van der Waals surface area contributed by atoms with Crippen LogP contribution in [-0.4, -0.2) is 27.6 Å². The number of nitrogens with zero attached hydrogens (tertiary/aromatic N) is 3. The fraction of sp³-hybridized carbons (Fsp3) is 0.400. The SMILES string of the molecule is CCOc1cccc(-c2nc(-c3c(CC)cccc3CC)n(CC)c2CN2CCCCC2c2ccccc2)c1. The molecular formula is C35H43N3O. The first kappa shape index (κ1) is 27.2. The fourth-order valence-electron chi connectivity index (χ4n) is 6.26. The second kappa shape index (κ2) is 12.7. The molecule has 1 aliphatic rings. The molecule has 0 saturated carbocycles. The molecule has 4 nitrogen and oxygen atoms in total. The third-order valence-corrected chi connectivity index (χ3v) is 8.18. The van der Waals surface area contributed by atoms with Crippen LogP contribution in [0.2, 0.25) is 0 Å². The summed E-state index contributed by atoms with van der Waals surface area (Å²) in [4.78, 5) is 8.17. The lowest BCUT2D eigenvalue weighted by Gasteiger charge is -2.36. The van der Waals surface area contributed by atoms with E-state index in [2.05, 4.69) is 97.0 Å². The Morgan fingerprint density at radius 3 is 2.28 bits per heavy atom. The van der Waals surface area contributed by atoms with E-state index in [9.17, 15) is 0 Å². The van der Waals surface area contributed by atoms with E-state index in [4.69, 9.17) is 9.72 Å². The Bertz CT molecular complexity index is 1350. The zero-order chi connectivity index (χ0) is 27.2. The molecule has 3 aromatic carbocycles. The van der Waals surface area contributed by atoms with Crippen LogP contribution in [0.1, 0.15) is 75.4 Å². The van der Waals surface area contributed by atoms with Crippen molar-refractivity contribution in [2.75, 3.05) is 13.2 Å². The molecule has 0 spiro atoms. The van der Waals surface area contributed by atoms with Gasteiger partial charge in [-0.25, -0.2) is 4.98 Å². The van der Waals surface area contributed by atoms with Gasteiger partial charge in [-0.05, 0) is 74.9 Å². The van der Waals surface area contributed by atoms with Crippen molar-refractivity contribution in [1.29, 1.82) is 0 Å². The maximum Gasteiger partial charge on any atom is 0.141 e.